The summed E-state index contributed by atoms with van der Waals surface area (Å²) in [4.78, 5) is 10.7. The summed E-state index contributed by atoms with van der Waals surface area (Å²) in [6.07, 6.45) is 0. The average Bonchev–Trinajstić information content (AvgIpc) is 2.98. The molecular formula is C15H21ClIN5S. The summed E-state index contributed by atoms with van der Waals surface area (Å²) >= 11 is 7.51. The molecule has 0 bridgehead atoms. The van der Waals surface area contributed by atoms with Crippen LogP contribution in [0, 0.1) is 0 Å². The van der Waals surface area contributed by atoms with Gasteiger partial charge in [-0.25, -0.2) is 4.98 Å². The Labute approximate surface area is 163 Å². The van der Waals surface area contributed by atoms with E-state index in [0.717, 1.165) is 27.4 Å². The molecule has 0 amide bonds. The summed E-state index contributed by atoms with van der Waals surface area (Å²) in [5.41, 5.74) is 2.15. The quantitative estimate of drug-likeness (QED) is 0.404. The van der Waals surface area contributed by atoms with E-state index in [9.17, 15) is 0 Å². The molecule has 2 rings (SSSR count). The van der Waals surface area contributed by atoms with Crippen LogP contribution in [0.1, 0.15) is 11.3 Å². The lowest BCUT2D eigenvalue weighted by Gasteiger charge is -2.11. The van der Waals surface area contributed by atoms with Gasteiger partial charge in [-0.15, -0.1) is 35.3 Å². The minimum Gasteiger partial charge on any atom is -0.354 e. The van der Waals surface area contributed by atoms with Crippen molar-refractivity contribution in [1.29, 1.82) is 0 Å². The molecule has 0 saturated heterocycles. The van der Waals surface area contributed by atoms with E-state index < -0.39 is 0 Å². The second-order valence-corrected chi connectivity index (χ2v) is 6.19. The Kier molecular flexibility index (Phi) is 8.64. The molecule has 1 aromatic heterocycles. The second-order valence-electron chi connectivity index (χ2n) is 4.92. The van der Waals surface area contributed by atoms with Gasteiger partial charge in [-0.2, -0.15) is 0 Å². The zero-order valence-electron chi connectivity index (χ0n) is 13.3. The SMILES string of the molecule is CN=C(NCc1ccc(Cl)cc1)NCc1csc(N(C)C)n1.I. The smallest absolute Gasteiger partial charge is 0.191 e. The normalized spacial score (nSPS) is 10.9. The molecule has 1 aromatic carbocycles. The van der Waals surface area contributed by atoms with E-state index in [-0.39, 0.29) is 24.0 Å². The predicted molar refractivity (Wildman–Crippen MR) is 110 cm³/mol. The molecule has 0 aliphatic heterocycles. The molecule has 0 saturated carbocycles. The van der Waals surface area contributed by atoms with Crippen molar-refractivity contribution in [3.63, 3.8) is 0 Å². The summed E-state index contributed by atoms with van der Waals surface area (Å²) in [5.74, 6) is 0.745. The molecule has 0 aliphatic rings. The van der Waals surface area contributed by atoms with Gasteiger partial charge in [0, 0.05) is 38.1 Å². The lowest BCUT2D eigenvalue weighted by Crippen LogP contribution is -2.36. The fourth-order valence-electron chi connectivity index (χ4n) is 1.77. The molecule has 2 aromatic rings. The van der Waals surface area contributed by atoms with Gasteiger partial charge < -0.3 is 15.5 Å². The van der Waals surface area contributed by atoms with E-state index in [1.807, 2.05) is 43.3 Å². The maximum absolute atomic E-state index is 5.88. The second kappa shape index (κ2) is 9.94. The van der Waals surface area contributed by atoms with Gasteiger partial charge >= 0.3 is 0 Å². The standard InChI is InChI=1S/C15H20ClN5S.HI/c1-17-14(18-8-11-4-6-12(16)7-5-11)19-9-13-10-22-15(20-13)21(2)3;/h4-7,10H,8-9H2,1-3H3,(H2,17,18,19);1H. The van der Waals surface area contributed by atoms with Gasteiger partial charge in [0.05, 0.1) is 12.2 Å². The number of hydrogen-bond acceptors (Lipinski definition) is 4. The zero-order chi connectivity index (χ0) is 15.9. The molecule has 0 atom stereocenters. The first-order valence-electron chi connectivity index (χ1n) is 6.89. The molecule has 5 nitrogen and oxygen atoms in total. The summed E-state index contributed by atoms with van der Waals surface area (Å²) in [6, 6.07) is 7.75. The number of nitrogens with zero attached hydrogens (tertiary/aromatic N) is 3. The van der Waals surface area contributed by atoms with Gasteiger partial charge in [0.15, 0.2) is 11.1 Å². The minimum absolute atomic E-state index is 0. The molecule has 0 spiro atoms. The van der Waals surface area contributed by atoms with Gasteiger partial charge in [0.2, 0.25) is 0 Å². The van der Waals surface area contributed by atoms with Gasteiger partial charge in [0.25, 0.3) is 0 Å². The van der Waals surface area contributed by atoms with Gasteiger partial charge in [-0.1, -0.05) is 23.7 Å². The summed E-state index contributed by atoms with van der Waals surface area (Å²) in [6.45, 7) is 1.33. The Morgan fingerprint density at radius 1 is 1.22 bits per heavy atom. The fraction of sp³-hybridized carbons (Fsp3) is 0.333. The van der Waals surface area contributed by atoms with Crippen molar-refractivity contribution in [3.05, 3.63) is 45.9 Å². The van der Waals surface area contributed by atoms with Crippen LogP contribution in [-0.4, -0.2) is 32.1 Å². The Morgan fingerprint density at radius 3 is 2.43 bits per heavy atom. The van der Waals surface area contributed by atoms with Crippen molar-refractivity contribution >= 4 is 58.0 Å². The van der Waals surface area contributed by atoms with Crippen LogP contribution in [-0.2, 0) is 13.1 Å². The van der Waals surface area contributed by atoms with Crippen LogP contribution in [0.2, 0.25) is 5.02 Å². The third kappa shape index (κ3) is 6.52. The molecule has 0 unspecified atom stereocenters. The first-order valence-corrected chi connectivity index (χ1v) is 8.15. The van der Waals surface area contributed by atoms with Crippen molar-refractivity contribution in [1.82, 2.24) is 15.6 Å². The van der Waals surface area contributed by atoms with Crippen LogP contribution < -0.4 is 15.5 Å². The number of nitrogens with one attached hydrogen (secondary N) is 2. The van der Waals surface area contributed by atoms with Crippen LogP contribution >= 0.6 is 46.9 Å². The average molecular weight is 466 g/mol. The number of halogens is 2. The maximum atomic E-state index is 5.88. The number of hydrogen-bond donors (Lipinski definition) is 2. The van der Waals surface area contributed by atoms with E-state index in [1.54, 1.807) is 18.4 Å². The Balaban J connectivity index is 0.00000264. The molecule has 1 heterocycles. The zero-order valence-corrected chi connectivity index (χ0v) is 17.2. The molecule has 0 radical (unpaired) electrons. The molecule has 23 heavy (non-hydrogen) atoms. The van der Waals surface area contributed by atoms with Crippen LogP contribution in [0.25, 0.3) is 0 Å². The minimum atomic E-state index is 0. The topological polar surface area (TPSA) is 52.6 Å². The van der Waals surface area contributed by atoms with E-state index in [4.69, 9.17) is 11.6 Å². The highest BCUT2D eigenvalue weighted by Crippen LogP contribution is 2.17. The lowest BCUT2D eigenvalue weighted by atomic mass is 10.2. The number of thiazole rings is 1. The largest absolute Gasteiger partial charge is 0.354 e. The van der Waals surface area contributed by atoms with Gasteiger partial charge in [-0.05, 0) is 17.7 Å². The van der Waals surface area contributed by atoms with Crippen molar-refractivity contribution < 1.29 is 0 Å². The van der Waals surface area contributed by atoms with Crippen molar-refractivity contribution in [2.45, 2.75) is 13.1 Å². The Bertz CT molecular complexity index is 627. The first-order chi connectivity index (χ1) is 10.6. The summed E-state index contributed by atoms with van der Waals surface area (Å²) in [7, 11) is 5.73. The van der Waals surface area contributed by atoms with E-state index in [2.05, 4.69) is 26.0 Å². The van der Waals surface area contributed by atoms with E-state index in [1.165, 1.54) is 0 Å². The van der Waals surface area contributed by atoms with E-state index >= 15 is 0 Å². The van der Waals surface area contributed by atoms with Crippen LogP contribution in [0.4, 0.5) is 5.13 Å². The molecule has 8 heteroatoms. The predicted octanol–water partition coefficient (Wildman–Crippen LogP) is 3.35. The Morgan fingerprint density at radius 2 is 1.87 bits per heavy atom. The lowest BCUT2D eigenvalue weighted by molar-refractivity contribution is 0.797. The molecule has 0 fully saturated rings. The summed E-state index contributed by atoms with van der Waals surface area (Å²) in [5, 5.41) is 10.3. The van der Waals surface area contributed by atoms with Crippen molar-refractivity contribution in [3.8, 4) is 0 Å². The number of aliphatic imine (C=N–C) groups is 1. The van der Waals surface area contributed by atoms with Crippen LogP contribution in [0.5, 0.6) is 0 Å². The van der Waals surface area contributed by atoms with Crippen molar-refractivity contribution in [2.75, 3.05) is 26.0 Å². The molecule has 2 N–H and O–H groups in total. The highest BCUT2D eigenvalue weighted by molar-refractivity contribution is 14.0. The van der Waals surface area contributed by atoms with E-state index in [0.29, 0.717) is 13.1 Å². The third-order valence-electron chi connectivity index (χ3n) is 2.96. The fourth-order valence-corrected chi connectivity index (χ4v) is 2.65. The maximum Gasteiger partial charge on any atom is 0.191 e. The number of benzene rings is 1. The van der Waals surface area contributed by atoms with Gasteiger partial charge in [-0.3, -0.25) is 4.99 Å². The number of aromatic nitrogens is 1. The number of anilines is 1. The number of rotatable bonds is 5. The molecular weight excluding hydrogens is 445 g/mol. The van der Waals surface area contributed by atoms with Gasteiger partial charge in [0.1, 0.15) is 0 Å². The molecule has 126 valence electrons. The Hall–Kier alpha value is -1.06. The first kappa shape index (κ1) is 20.0. The number of guanidine groups is 1. The van der Waals surface area contributed by atoms with Crippen LogP contribution in [0.15, 0.2) is 34.6 Å². The highest BCUT2D eigenvalue weighted by Gasteiger charge is 2.04. The molecule has 0 aliphatic carbocycles. The summed E-state index contributed by atoms with van der Waals surface area (Å²) < 4.78 is 0. The van der Waals surface area contributed by atoms with Crippen LogP contribution in [0.3, 0.4) is 0 Å². The van der Waals surface area contributed by atoms with Crippen molar-refractivity contribution in [2.24, 2.45) is 4.99 Å². The highest BCUT2D eigenvalue weighted by atomic mass is 127. The third-order valence-corrected chi connectivity index (χ3v) is 4.27. The monoisotopic (exact) mass is 465 g/mol.